The highest BCUT2D eigenvalue weighted by molar-refractivity contribution is 7.71. The minimum atomic E-state index is -0.127. The molecule has 2 aromatic carbocycles. The van der Waals surface area contributed by atoms with Gasteiger partial charge in [-0.3, -0.25) is 3.96 Å². The summed E-state index contributed by atoms with van der Waals surface area (Å²) in [6.45, 7) is 6.53. The molecule has 3 aromatic rings. The zero-order valence-electron chi connectivity index (χ0n) is 13.4. The lowest BCUT2D eigenvalue weighted by molar-refractivity contribution is 0.620. The highest BCUT2D eigenvalue weighted by Gasteiger charge is 2.34. The second-order valence-corrected chi connectivity index (χ2v) is 7.87. The molecule has 23 heavy (non-hydrogen) atoms. The summed E-state index contributed by atoms with van der Waals surface area (Å²) >= 11 is 7.59. The topological polar surface area (TPSA) is 17.0 Å². The first-order valence-corrected chi connectivity index (χ1v) is 8.87. The molecule has 0 atom stereocenters. The zero-order valence-corrected chi connectivity index (χ0v) is 15.0. The number of hydrogen-bond donors (Lipinski definition) is 1. The number of fused-ring (bicyclic) bond motifs is 3. The van der Waals surface area contributed by atoms with Gasteiger partial charge in [0.25, 0.3) is 0 Å². The minimum absolute atomic E-state index is 0.127. The molecule has 4 heteroatoms. The number of aromatic nitrogens is 1. The Labute approximate surface area is 145 Å². The van der Waals surface area contributed by atoms with Crippen LogP contribution in [0.3, 0.4) is 0 Å². The molecule has 0 spiro atoms. The van der Waals surface area contributed by atoms with Gasteiger partial charge >= 0.3 is 0 Å². The van der Waals surface area contributed by atoms with E-state index in [1.807, 2.05) is 0 Å². The number of anilines is 1. The van der Waals surface area contributed by atoms with Crippen molar-refractivity contribution >= 4 is 29.4 Å². The van der Waals surface area contributed by atoms with E-state index in [1.54, 1.807) is 11.5 Å². The Morgan fingerprint density at radius 3 is 2.48 bits per heavy atom. The van der Waals surface area contributed by atoms with Crippen molar-refractivity contribution in [2.45, 2.75) is 26.3 Å². The van der Waals surface area contributed by atoms with E-state index in [9.17, 15) is 0 Å². The lowest BCUT2D eigenvalue weighted by atomic mass is 9.90. The van der Waals surface area contributed by atoms with Crippen molar-refractivity contribution in [2.24, 2.45) is 0 Å². The summed E-state index contributed by atoms with van der Waals surface area (Å²) in [6.07, 6.45) is 0. The van der Waals surface area contributed by atoms with Crippen LogP contribution in [0.1, 0.15) is 24.3 Å². The fraction of sp³-hybridized carbons (Fsp3) is 0.211. The molecule has 0 fully saturated rings. The maximum Gasteiger partial charge on any atom is 0.129 e. The smallest absolute Gasteiger partial charge is 0.129 e. The van der Waals surface area contributed by atoms with Crippen molar-refractivity contribution in [1.82, 2.24) is 3.96 Å². The third kappa shape index (κ3) is 2.25. The van der Waals surface area contributed by atoms with Gasteiger partial charge in [0, 0.05) is 16.8 Å². The molecule has 0 bridgehead atoms. The average Bonchev–Trinajstić information content (AvgIpc) is 2.87. The number of hydrogen-bond acceptors (Lipinski definition) is 3. The molecule has 4 rings (SSSR count). The molecule has 2 heterocycles. The van der Waals surface area contributed by atoms with Crippen LogP contribution in [0.4, 0.5) is 5.69 Å². The predicted octanol–water partition coefficient (Wildman–Crippen LogP) is 5.90. The van der Waals surface area contributed by atoms with E-state index in [0.717, 1.165) is 16.0 Å². The standard InChI is InChI=1S/C19H18N2S2/c1-12-8-10-13(11-9-12)21-18(22)16-14-6-4-5-7-15(14)20-19(2,3)17(16)23-21/h4-11,20H,1-3H3. The number of benzene rings is 2. The Kier molecular flexibility index (Phi) is 3.22. The molecule has 1 aromatic heterocycles. The van der Waals surface area contributed by atoms with Crippen LogP contribution in [0.5, 0.6) is 0 Å². The molecule has 1 aliphatic rings. The molecule has 0 saturated carbocycles. The van der Waals surface area contributed by atoms with E-state index in [-0.39, 0.29) is 5.54 Å². The molecule has 1 aliphatic heterocycles. The Balaban J connectivity index is 2.01. The van der Waals surface area contributed by atoms with E-state index in [4.69, 9.17) is 12.2 Å². The Hall–Kier alpha value is -1.91. The molecule has 116 valence electrons. The minimum Gasteiger partial charge on any atom is -0.375 e. The quantitative estimate of drug-likeness (QED) is 0.556. The maximum atomic E-state index is 5.85. The van der Waals surface area contributed by atoms with Crippen LogP contribution in [0.15, 0.2) is 48.5 Å². The summed E-state index contributed by atoms with van der Waals surface area (Å²) in [7, 11) is 0. The van der Waals surface area contributed by atoms with Crippen LogP contribution in [-0.4, -0.2) is 3.96 Å². The Morgan fingerprint density at radius 1 is 1.04 bits per heavy atom. The van der Waals surface area contributed by atoms with Crippen LogP contribution in [0.25, 0.3) is 16.8 Å². The first kappa shape index (κ1) is 14.7. The third-order valence-electron chi connectivity index (χ3n) is 4.29. The summed E-state index contributed by atoms with van der Waals surface area (Å²) in [6, 6.07) is 17.0. The summed E-state index contributed by atoms with van der Waals surface area (Å²) < 4.78 is 3.07. The number of rotatable bonds is 1. The molecule has 0 unspecified atom stereocenters. The molecule has 2 nitrogen and oxygen atoms in total. The van der Waals surface area contributed by atoms with Gasteiger partial charge < -0.3 is 5.32 Å². The highest BCUT2D eigenvalue weighted by atomic mass is 32.1. The summed E-state index contributed by atoms with van der Waals surface area (Å²) in [5.41, 5.74) is 5.82. The fourth-order valence-electron chi connectivity index (χ4n) is 3.09. The van der Waals surface area contributed by atoms with Crippen LogP contribution in [-0.2, 0) is 5.54 Å². The van der Waals surface area contributed by atoms with Crippen molar-refractivity contribution in [3.63, 3.8) is 0 Å². The molecular formula is C19H18N2S2. The predicted molar refractivity (Wildman–Crippen MR) is 101 cm³/mol. The average molecular weight is 339 g/mol. The van der Waals surface area contributed by atoms with Crippen LogP contribution >= 0.6 is 23.8 Å². The summed E-state index contributed by atoms with van der Waals surface area (Å²) in [4.78, 5) is 1.29. The fourth-order valence-corrected chi connectivity index (χ4v) is 4.75. The van der Waals surface area contributed by atoms with Gasteiger partial charge in [0.15, 0.2) is 0 Å². The molecular weight excluding hydrogens is 320 g/mol. The molecule has 0 aliphatic carbocycles. The second kappa shape index (κ2) is 5.05. The van der Waals surface area contributed by atoms with Gasteiger partial charge in [0.05, 0.1) is 16.1 Å². The van der Waals surface area contributed by atoms with Crippen LogP contribution in [0, 0.1) is 11.6 Å². The molecule has 0 radical (unpaired) electrons. The van der Waals surface area contributed by atoms with E-state index in [2.05, 4.69) is 78.6 Å². The lowest BCUT2D eigenvalue weighted by Crippen LogP contribution is -2.30. The van der Waals surface area contributed by atoms with E-state index < -0.39 is 0 Å². The van der Waals surface area contributed by atoms with Crippen molar-refractivity contribution in [1.29, 1.82) is 0 Å². The number of nitrogens with one attached hydrogen (secondary N) is 1. The lowest BCUT2D eigenvalue weighted by Gasteiger charge is -2.33. The number of nitrogens with zero attached hydrogens (tertiary/aromatic N) is 1. The number of aryl methyl sites for hydroxylation is 1. The third-order valence-corrected chi connectivity index (χ3v) is 6.26. The van der Waals surface area contributed by atoms with Crippen molar-refractivity contribution in [2.75, 3.05) is 5.32 Å². The van der Waals surface area contributed by atoms with Gasteiger partial charge in [-0.1, -0.05) is 59.6 Å². The number of para-hydroxylation sites is 1. The van der Waals surface area contributed by atoms with E-state index in [0.29, 0.717) is 0 Å². The normalized spacial score (nSPS) is 14.7. The van der Waals surface area contributed by atoms with Gasteiger partial charge in [-0.05, 0) is 39.0 Å². The Morgan fingerprint density at radius 2 is 1.74 bits per heavy atom. The maximum absolute atomic E-state index is 5.85. The van der Waals surface area contributed by atoms with Crippen LogP contribution in [0.2, 0.25) is 0 Å². The van der Waals surface area contributed by atoms with Gasteiger partial charge in [-0.2, -0.15) is 0 Å². The highest BCUT2D eigenvalue weighted by Crippen LogP contribution is 2.47. The van der Waals surface area contributed by atoms with Crippen molar-refractivity contribution in [3.8, 4) is 16.8 Å². The van der Waals surface area contributed by atoms with Gasteiger partial charge in [0.1, 0.15) is 4.64 Å². The second-order valence-electron chi connectivity index (χ2n) is 6.53. The monoisotopic (exact) mass is 338 g/mol. The van der Waals surface area contributed by atoms with Gasteiger partial charge in [-0.25, -0.2) is 0 Å². The molecule has 0 saturated heterocycles. The van der Waals surface area contributed by atoms with Crippen molar-refractivity contribution < 1.29 is 0 Å². The van der Waals surface area contributed by atoms with E-state index >= 15 is 0 Å². The first-order valence-electron chi connectivity index (χ1n) is 7.69. The SMILES string of the molecule is Cc1ccc(-n2sc3c(c2=S)-c2ccccc2NC3(C)C)cc1. The van der Waals surface area contributed by atoms with Gasteiger partial charge in [0.2, 0.25) is 0 Å². The molecule has 0 amide bonds. The van der Waals surface area contributed by atoms with Gasteiger partial charge in [-0.15, -0.1) is 0 Å². The van der Waals surface area contributed by atoms with E-state index in [1.165, 1.54) is 21.6 Å². The van der Waals surface area contributed by atoms with Crippen LogP contribution < -0.4 is 5.32 Å². The molecule has 1 N–H and O–H groups in total. The Bertz CT molecular complexity index is 946. The largest absolute Gasteiger partial charge is 0.375 e. The summed E-state index contributed by atoms with van der Waals surface area (Å²) in [5.74, 6) is 0. The first-order chi connectivity index (χ1) is 11.0. The van der Waals surface area contributed by atoms with Crippen molar-refractivity contribution in [3.05, 3.63) is 63.6 Å². The summed E-state index contributed by atoms with van der Waals surface area (Å²) in [5, 5.41) is 3.64. The zero-order chi connectivity index (χ0) is 16.2.